The third-order valence-electron chi connectivity index (χ3n) is 3.30. The van der Waals surface area contributed by atoms with Gasteiger partial charge in [-0.05, 0) is 43.7 Å². The molecule has 0 spiro atoms. The largest absolute Gasteiger partial charge is 0.492 e. The zero-order valence-corrected chi connectivity index (χ0v) is 10.7. The van der Waals surface area contributed by atoms with E-state index in [2.05, 4.69) is 5.32 Å². The fourth-order valence-corrected chi connectivity index (χ4v) is 2.26. The Bertz CT molecular complexity index is 347. The van der Waals surface area contributed by atoms with E-state index >= 15 is 0 Å². The van der Waals surface area contributed by atoms with Gasteiger partial charge in [-0.15, -0.1) is 0 Å². The minimum absolute atomic E-state index is 0.0577. The predicted molar refractivity (Wildman–Crippen MR) is 70.6 cm³/mol. The van der Waals surface area contributed by atoms with Crippen LogP contribution >= 0.6 is 11.6 Å². The van der Waals surface area contributed by atoms with Gasteiger partial charge in [0.2, 0.25) is 0 Å². The molecule has 0 saturated carbocycles. The van der Waals surface area contributed by atoms with E-state index in [1.54, 1.807) is 0 Å². The second-order valence-electron chi connectivity index (χ2n) is 4.61. The molecule has 0 bridgehead atoms. The number of nitrogens with two attached hydrogens (primary N) is 1. The summed E-state index contributed by atoms with van der Waals surface area (Å²) in [4.78, 5) is 0. The van der Waals surface area contributed by atoms with Crippen LogP contribution < -0.4 is 15.8 Å². The first-order valence-corrected chi connectivity index (χ1v) is 6.45. The summed E-state index contributed by atoms with van der Waals surface area (Å²) in [6, 6.07) is 7.44. The van der Waals surface area contributed by atoms with Crippen molar-refractivity contribution in [1.82, 2.24) is 5.32 Å². The zero-order chi connectivity index (χ0) is 12.1. The fourth-order valence-electron chi connectivity index (χ4n) is 2.14. The number of nitrogens with one attached hydrogen (secondary N) is 1. The molecule has 0 aromatic heterocycles. The molecule has 0 amide bonds. The monoisotopic (exact) mass is 254 g/mol. The van der Waals surface area contributed by atoms with E-state index in [1.807, 2.05) is 24.3 Å². The van der Waals surface area contributed by atoms with E-state index in [1.165, 1.54) is 12.8 Å². The third-order valence-corrected chi connectivity index (χ3v) is 3.55. The van der Waals surface area contributed by atoms with Crippen molar-refractivity contribution in [3.8, 4) is 5.75 Å². The van der Waals surface area contributed by atoms with Crippen molar-refractivity contribution in [3.05, 3.63) is 29.3 Å². The van der Waals surface area contributed by atoms with Gasteiger partial charge in [-0.25, -0.2) is 0 Å². The Morgan fingerprint density at radius 1 is 1.29 bits per heavy atom. The molecule has 1 aromatic rings. The van der Waals surface area contributed by atoms with Gasteiger partial charge >= 0.3 is 0 Å². The van der Waals surface area contributed by atoms with Gasteiger partial charge < -0.3 is 15.8 Å². The van der Waals surface area contributed by atoms with Gasteiger partial charge in [-0.1, -0.05) is 18.0 Å². The highest BCUT2D eigenvalue weighted by Gasteiger charge is 2.30. The number of ether oxygens (including phenoxy) is 1. The first-order chi connectivity index (χ1) is 8.24. The van der Waals surface area contributed by atoms with E-state index in [9.17, 15) is 0 Å². The third kappa shape index (κ3) is 3.35. The lowest BCUT2D eigenvalue weighted by molar-refractivity contribution is 0.154. The van der Waals surface area contributed by atoms with Crippen LogP contribution in [0, 0.1) is 0 Å². The van der Waals surface area contributed by atoms with Crippen molar-refractivity contribution in [2.24, 2.45) is 5.73 Å². The quantitative estimate of drug-likeness (QED) is 0.866. The van der Waals surface area contributed by atoms with Crippen LogP contribution in [0.4, 0.5) is 0 Å². The Morgan fingerprint density at radius 2 is 2.06 bits per heavy atom. The average molecular weight is 255 g/mol. The highest BCUT2D eigenvalue weighted by molar-refractivity contribution is 6.30. The SMILES string of the molecule is NCC1(COc2ccc(Cl)cc2)CCCCN1. The maximum Gasteiger partial charge on any atom is 0.119 e. The van der Waals surface area contributed by atoms with Crippen LogP contribution in [0.1, 0.15) is 19.3 Å². The molecule has 2 rings (SSSR count). The molecule has 1 aliphatic heterocycles. The molecule has 94 valence electrons. The minimum atomic E-state index is -0.0577. The molecule has 1 aliphatic rings. The summed E-state index contributed by atoms with van der Waals surface area (Å²) in [7, 11) is 0. The topological polar surface area (TPSA) is 47.3 Å². The molecule has 1 atom stereocenters. The fraction of sp³-hybridized carbons (Fsp3) is 0.538. The van der Waals surface area contributed by atoms with Crippen molar-refractivity contribution in [3.63, 3.8) is 0 Å². The van der Waals surface area contributed by atoms with Gasteiger partial charge in [0.25, 0.3) is 0 Å². The van der Waals surface area contributed by atoms with Crippen LogP contribution in [0.25, 0.3) is 0 Å². The van der Waals surface area contributed by atoms with Gasteiger partial charge in [0, 0.05) is 11.6 Å². The van der Waals surface area contributed by atoms with E-state index in [4.69, 9.17) is 22.1 Å². The molecule has 1 fully saturated rings. The molecular formula is C13H19ClN2O. The highest BCUT2D eigenvalue weighted by Crippen LogP contribution is 2.21. The van der Waals surface area contributed by atoms with Crippen molar-refractivity contribution in [1.29, 1.82) is 0 Å². The Balaban J connectivity index is 1.93. The van der Waals surface area contributed by atoms with Crippen molar-refractivity contribution < 1.29 is 4.74 Å². The summed E-state index contributed by atoms with van der Waals surface area (Å²) in [5.74, 6) is 0.842. The number of hydrogen-bond donors (Lipinski definition) is 2. The number of rotatable bonds is 4. The van der Waals surface area contributed by atoms with Crippen LogP contribution in [-0.4, -0.2) is 25.2 Å². The van der Waals surface area contributed by atoms with Crippen LogP contribution in [0.2, 0.25) is 5.02 Å². The van der Waals surface area contributed by atoms with Gasteiger partial charge in [-0.2, -0.15) is 0 Å². The average Bonchev–Trinajstić information content (AvgIpc) is 2.39. The highest BCUT2D eigenvalue weighted by atomic mass is 35.5. The van der Waals surface area contributed by atoms with E-state index in [0.29, 0.717) is 13.2 Å². The maximum absolute atomic E-state index is 5.86. The number of halogens is 1. The van der Waals surface area contributed by atoms with Crippen molar-refractivity contribution in [2.75, 3.05) is 19.7 Å². The number of benzene rings is 1. The Kier molecular flexibility index (Phi) is 4.26. The van der Waals surface area contributed by atoms with Crippen molar-refractivity contribution >= 4 is 11.6 Å². The smallest absolute Gasteiger partial charge is 0.119 e. The van der Waals surface area contributed by atoms with E-state index in [0.717, 1.165) is 23.7 Å². The van der Waals surface area contributed by atoms with Crippen LogP contribution in [-0.2, 0) is 0 Å². The molecule has 1 aromatic carbocycles. The van der Waals surface area contributed by atoms with Gasteiger partial charge in [0.1, 0.15) is 12.4 Å². The summed E-state index contributed by atoms with van der Waals surface area (Å²) < 4.78 is 5.79. The van der Waals surface area contributed by atoms with E-state index in [-0.39, 0.29) is 5.54 Å². The maximum atomic E-state index is 5.86. The van der Waals surface area contributed by atoms with Crippen LogP contribution in [0.15, 0.2) is 24.3 Å². The molecule has 3 nitrogen and oxygen atoms in total. The molecule has 0 radical (unpaired) electrons. The Labute approximate surface area is 107 Å². The predicted octanol–water partition coefficient (Wildman–Crippen LogP) is 2.19. The molecule has 3 N–H and O–H groups in total. The standard InChI is InChI=1S/C13H19ClN2O/c14-11-3-5-12(6-4-11)17-10-13(9-15)7-1-2-8-16-13/h3-6,16H,1-2,7-10,15H2. The summed E-state index contributed by atoms with van der Waals surface area (Å²) in [6.07, 6.45) is 3.52. The lowest BCUT2D eigenvalue weighted by Crippen LogP contribution is -2.57. The molecule has 17 heavy (non-hydrogen) atoms. The van der Waals surface area contributed by atoms with Crippen LogP contribution in [0.3, 0.4) is 0 Å². The second kappa shape index (κ2) is 5.71. The molecular weight excluding hydrogens is 236 g/mol. The van der Waals surface area contributed by atoms with Crippen molar-refractivity contribution in [2.45, 2.75) is 24.8 Å². The second-order valence-corrected chi connectivity index (χ2v) is 5.05. The minimum Gasteiger partial charge on any atom is -0.492 e. The normalized spacial score (nSPS) is 24.6. The zero-order valence-electron chi connectivity index (χ0n) is 9.92. The van der Waals surface area contributed by atoms with Crippen LogP contribution in [0.5, 0.6) is 5.75 Å². The van der Waals surface area contributed by atoms with E-state index < -0.39 is 0 Å². The van der Waals surface area contributed by atoms with Gasteiger partial charge in [-0.3, -0.25) is 0 Å². The molecule has 1 unspecified atom stereocenters. The summed E-state index contributed by atoms with van der Waals surface area (Å²) >= 11 is 5.83. The van der Waals surface area contributed by atoms with Gasteiger partial charge in [0.05, 0.1) is 5.54 Å². The number of piperidine rings is 1. The first-order valence-electron chi connectivity index (χ1n) is 6.08. The lowest BCUT2D eigenvalue weighted by atomic mass is 9.90. The summed E-state index contributed by atoms with van der Waals surface area (Å²) in [6.45, 7) is 2.26. The Hall–Kier alpha value is -0.770. The number of hydrogen-bond acceptors (Lipinski definition) is 3. The summed E-state index contributed by atoms with van der Waals surface area (Å²) in [5, 5.41) is 4.21. The lowest BCUT2D eigenvalue weighted by Gasteiger charge is -2.37. The molecule has 0 aliphatic carbocycles. The van der Waals surface area contributed by atoms with Gasteiger partial charge in [0.15, 0.2) is 0 Å². The summed E-state index contributed by atoms with van der Waals surface area (Å²) in [5.41, 5.74) is 5.81. The molecule has 1 saturated heterocycles. The molecule has 1 heterocycles. The first kappa shape index (κ1) is 12.7. The Morgan fingerprint density at radius 3 is 2.65 bits per heavy atom. The molecule has 4 heteroatoms.